The minimum atomic E-state index is -4.01. The van der Waals surface area contributed by atoms with Crippen LogP contribution in [0.4, 0.5) is 11.4 Å². The minimum Gasteiger partial charge on any atom is -0.312 e. The number of benzene rings is 3. The molecular weight excluding hydrogens is 486 g/mol. The first-order chi connectivity index (χ1) is 17.8. The molecule has 0 aliphatic carbocycles. The first-order valence-electron chi connectivity index (χ1n) is 12.7. The number of sulfonamides is 1. The van der Waals surface area contributed by atoms with Crippen LogP contribution in [0.25, 0.3) is 0 Å². The van der Waals surface area contributed by atoms with Crippen molar-refractivity contribution < 1.29 is 18.0 Å². The summed E-state index contributed by atoms with van der Waals surface area (Å²) in [6, 6.07) is 21.0. The van der Waals surface area contributed by atoms with Crippen molar-refractivity contribution in [1.82, 2.24) is 4.72 Å². The van der Waals surface area contributed by atoms with E-state index < -0.39 is 16.1 Å². The van der Waals surface area contributed by atoms with E-state index in [-0.39, 0.29) is 29.2 Å². The molecule has 0 fully saturated rings. The maximum absolute atomic E-state index is 13.9. The van der Waals surface area contributed by atoms with E-state index in [0.717, 1.165) is 34.5 Å². The third-order valence-corrected chi connectivity index (χ3v) is 8.65. The zero-order valence-corrected chi connectivity index (χ0v) is 21.9. The zero-order chi connectivity index (χ0) is 26.2. The predicted molar refractivity (Wildman–Crippen MR) is 144 cm³/mol. The Bertz CT molecular complexity index is 1440. The monoisotopic (exact) mass is 517 g/mol. The summed E-state index contributed by atoms with van der Waals surface area (Å²) < 4.78 is 29.9. The average Bonchev–Trinajstić information content (AvgIpc) is 3.47. The van der Waals surface area contributed by atoms with Crippen LogP contribution in [-0.2, 0) is 38.9 Å². The topological polar surface area (TPSA) is 86.8 Å². The molecule has 5 rings (SSSR count). The van der Waals surface area contributed by atoms with Crippen molar-refractivity contribution in [3.05, 3.63) is 89.5 Å². The largest absolute Gasteiger partial charge is 0.312 e. The number of carbonyl (C=O) groups excluding carboxylic acids is 2. The van der Waals surface area contributed by atoms with Crippen LogP contribution in [0.1, 0.15) is 37.0 Å². The number of amides is 2. The maximum Gasteiger partial charge on any atom is 0.245 e. The van der Waals surface area contributed by atoms with E-state index >= 15 is 0 Å². The average molecular weight is 518 g/mol. The van der Waals surface area contributed by atoms with Crippen molar-refractivity contribution in [1.29, 1.82) is 0 Å². The summed E-state index contributed by atoms with van der Waals surface area (Å²) in [4.78, 5) is 29.7. The van der Waals surface area contributed by atoms with Crippen LogP contribution in [0.15, 0.2) is 77.7 Å². The molecule has 2 atom stereocenters. The normalized spacial score (nSPS) is 17.4. The zero-order valence-electron chi connectivity index (χ0n) is 21.1. The number of anilines is 2. The molecule has 3 aromatic rings. The molecule has 2 aliphatic heterocycles. The highest BCUT2D eigenvalue weighted by atomic mass is 32.2. The highest BCUT2D eigenvalue weighted by Crippen LogP contribution is 2.33. The Balaban J connectivity index is 1.45. The van der Waals surface area contributed by atoms with Crippen LogP contribution in [0.3, 0.4) is 0 Å². The maximum atomic E-state index is 13.9. The Morgan fingerprint density at radius 3 is 2.46 bits per heavy atom. The van der Waals surface area contributed by atoms with Crippen LogP contribution >= 0.6 is 0 Å². The van der Waals surface area contributed by atoms with Gasteiger partial charge in [-0.3, -0.25) is 9.59 Å². The molecule has 2 unspecified atom stereocenters. The second-order valence-electron chi connectivity index (χ2n) is 9.69. The summed E-state index contributed by atoms with van der Waals surface area (Å²) in [5, 5.41) is 0. The van der Waals surface area contributed by atoms with Crippen molar-refractivity contribution in [2.75, 3.05) is 16.3 Å². The van der Waals surface area contributed by atoms with Crippen LogP contribution in [0.5, 0.6) is 0 Å². The van der Waals surface area contributed by atoms with Crippen molar-refractivity contribution in [2.24, 2.45) is 0 Å². The quantitative estimate of drug-likeness (QED) is 0.516. The predicted octanol–water partition coefficient (Wildman–Crippen LogP) is 3.85. The summed E-state index contributed by atoms with van der Waals surface area (Å²) in [5.74, 6) is -0.258. The molecular formula is C29H31N3O4S. The Kier molecular flexibility index (Phi) is 6.88. The Labute approximate surface area is 218 Å². The first-order valence-corrected chi connectivity index (χ1v) is 14.2. The lowest BCUT2D eigenvalue weighted by Gasteiger charge is -2.28. The molecule has 0 saturated carbocycles. The molecule has 37 heavy (non-hydrogen) atoms. The van der Waals surface area contributed by atoms with E-state index in [0.29, 0.717) is 19.4 Å². The molecule has 0 bridgehead atoms. The smallest absolute Gasteiger partial charge is 0.245 e. The number of carbonyl (C=O) groups is 2. The number of nitrogens with one attached hydrogen (secondary N) is 1. The van der Waals surface area contributed by atoms with Crippen molar-refractivity contribution in [3.63, 3.8) is 0 Å². The van der Waals surface area contributed by atoms with Gasteiger partial charge in [0.15, 0.2) is 0 Å². The Hall–Kier alpha value is -3.49. The van der Waals surface area contributed by atoms with E-state index in [4.69, 9.17) is 0 Å². The lowest BCUT2D eigenvalue weighted by atomic mass is 10.1. The third kappa shape index (κ3) is 4.91. The molecule has 3 aromatic carbocycles. The standard InChI is InChI=1S/C29H31N3O4S/c1-3-28(33)31-16-15-23-19-24(13-14-26(23)31)37(35,36)30-25(18-21-9-5-4-6-10-21)29(34)32-20(2)17-22-11-7-8-12-27(22)32/h4-14,19-20,25,30H,3,15-18H2,1-2H3. The summed E-state index contributed by atoms with van der Waals surface area (Å²) in [6.07, 6.45) is 1.94. The van der Waals surface area contributed by atoms with Gasteiger partial charge in [-0.05, 0) is 67.1 Å². The number of nitrogens with zero attached hydrogens (tertiary/aromatic N) is 2. The molecule has 192 valence electrons. The van der Waals surface area contributed by atoms with E-state index in [9.17, 15) is 18.0 Å². The van der Waals surface area contributed by atoms with Gasteiger partial charge in [0.2, 0.25) is 21.8 Å². The number of fused-ring (bicyclic) bond motifs is 2. The fourth-order valence-corrected chi connectivity index (χ4v) is 6.59. The summed E-state index contributed by atoms with van der Waals surface area (Å²) in [6.45, 7) is 4.34. The van der Waals surface area contributed by atoms with E-state index in [1.165, 1.54) is 6.07 Å². The lowest BCUT2D eigenvalue weighted by molar-refractivity contribution is -0.120. The van der Waals surface area contributed by atoms with Crippen LogP contribution in [0.2, 0.25) is 0 Å². The van der Waals surface area contributed by atoms with Gasteiger partial charge in [0, 0.05) is 30.4 Å². The highest BCUT2D eigenvalue weighted by Gasteiger charge is 2.37. The van der Waals surface area contributed by atoms with Gasteiger partial charge in [-0.2, -0.15) is 4.72 Å². The van der Waals surface area contributed by atoms with Gasteiger partial charge in [-0.25, -0.2) is 8.42 Å². The molecule has 0 saturated heterocycles. The van der Waals surface area contributed by atoms with Gasteiger partial charge >= 0.3 is 0 Å². The van der Waals surface area contributed by atoms with Crippen LogP contribution in [0, 0.1) is 0 Å². The fraction of sp³-hybridized carbons (Fsp3) is 0.310. The first kappa shape index (κ1) is 25.2. The molecule has 7 nitrogen and oxygen atoms in total. The molecule has 8 heteroatoms. The van der Waals surface area contributed by atoms with Gasteiger partial charge in [0.05, 0.1) is 4.90 Å². The SMILES string of the molecule is CCC(=O)N1CCc2cc(S(=O)(=O)NC(Cc3ccccc3)C(=O)N3c4ccccc4CC3C)ccc21. The second kappa shape index (κ2) is 10.1. The van der Waals surface area contributed by atoms with Crippen LogP contribution in [-0.4, -0.2) is 38.9 Å². The third-order valence-electron chi connectivity index (χ3n) is 7.18. The number of para-hydroxylation sites is 1. The summed E-state index contributed by atoms with van der Waals surface area (Å²) >= 11 is 0. The van der Waals surface area contributed by atoms with Crippen molar-refractivity contribution in [2.45, 2.75) is 56.5 Å². The number of hydrogen-bond acceptors (Lipinski definition) is 4. The van der Waals surface area contributed by atoms with Gasteiger partial charge in [0.1, 0.15) is 6.04 Å². The molecule has 0 spiro atoms. The van der Waals surface area contributed by atoms with E-state index in [1.807, 2.05) is 68.4 Å². The lowest BCUT2D eigenvalue weighted by Crippen LogP contribution is -2.51. The van der Waals surface area contributed by atoms with E-state index in [1.54, 1.807) is 21.9 Å². The van der Waals surface area contributed by atoms with Crippen molar-refractivity contribution >= 4 is 33.2 Å². The molecule has 1 N–H and O–H groups in total. The Morgan fingerprint density at radius 2 is 1.70 bits per heavy atom. The van der Waals surface area contributed by atoms with Gasteiger partial charge in [-0.15, -0.1) is 0 Å². The molecule has 2 heterocycles. The number of rotatable bonds is 7. The second-order valence-corrected chi connectivity index (χ2v) is 11.4. The van der Waals surface area contributed by atoms with Gasteiger partial charge in [0.25, 0.3) is 0 Å². The fourth-order valence-electron chi connectivity index (χ4n) is 5.35. The highest BCUT2D eigenvalue weighted by molar-refractivity contribution is 7.89. The molecule has 0 radical (unpaired) electrons. The van der Waals surface area contributed by atoms with Gasteiger partial charge < -0.3 is 9.80 Å². The molecule has 2 amide bonds. The molecule has 2 aliphatic rings. The Morgan fingerprint density at radius 1 is 0.973 bits per heavy atom. The van der Waals surface area contributed by atoms with Crippen molar-refractivity contribution in [3.8, 4) is 0 Å². The minimum absolute atomic E-state index is 0.0148. The number of hydrogen-bond donors (Lipinski definition) is 1. The molecule has 0 aromatic heterocycles. The summed E-state index contributed by atoms with van der Waals surface area (Å²) in [7, 11) is -4.01. The summed E-state index contributed by atoms with van der Waals surface area (Å²) in [5.41, 5.74) is 4.35. The van der Waals surface area contributed by atoms with E-state index in [2.05, 4.69) is 4.72 Å². The van der Waals surface area contributed by atoms with Crippen LogP contribution < -0.4 is 14.5 Å². The van der Waals surface area contributed by atoms with Gasteiger partial charge in [-0.1, -0.05) is 55.5 Å².